The lowest BCUT2D eigenvalue weighted by atomic mass is 10.0. The number of nitrogens with one attached hydrogen (secondary N) is 1. The molecule has 0 aliphatic carbocycles. The van der Waals surface area contributed by atoms with Gasteiger partial charge in [0.2, 0.25) is 11.8 Å². The average molecular weight is 671 g/mol. The van der Waals surface area contributed by atoms with Crippen molar-refractivity contribution in [3.63, 3.8) is 0 Å². The minimum Gasteiger partial charge on any atom is -0.352 e. The van der Waals surface area contributed by atoms with E-state index in [0.717, 1.165) is 9.87 Å². The molecule has 0 unspecified atom stereocenters. The fourth-order valence-electron chi connectivity index (χ4n) is 4.74. The molecular formula is C34H34Cl2FN3O4S. The molecule has 2 atom stereocenters. The SMILES string of the molecule is CC[C@@H](C)NC(=O)[C@H](Cc1ccccc1)N(Cc1ccccc1F)C(=O)CN(c1cc(Cl)cc(Cl)c1)S(=O)(=O)c1ccccc1. The molecule has 0 fully saturated rings. The summed E-state index contributed by atoms with van der Waals surface area (Å²) in [5.41, 5.74) is 0.992. The molecule has 7 nitrogen and oxygen atoms in total. The minimum absolute atomic E-state index is 0.0548. The van der Waals surface area contributed by atoms with Crippen LogP contribution in [0, 0.1) is 5.82 Å². The van der Waals surface area contributed by atoms with Crippen molar-refractivity contribution in [1.82, 2.24) is 10.2 Å². The number of sulfonamides is 1. The van der Waals surface area contributed by atoms with Crippen LogP contribution in [0.15, 0.2) is 108 Å². The zero-order valence-electron chi connectivity index (χ0n) is 24.9. The Bertz CT molecular complexity index is 1710. The number of hydrogen-bond donors (Lipinski definition) is 1. The Morgan fingerprint density at radius 1 is 0.867 bits per heavy atom. The molecule has 0 aliphatic heterocycles. The lowest BCUT2D eigenvalue weighted by molar-refractivity contribution is -0.140. The predicted octanol–water partition coefficient (Wildman–Crippen LogP) is 6.88. The molecule has 0 bridgehead atoms. The second-order valence-electron chi connectivity index (χ2n) is 10.6. The van der Waals surface area contributed by atoms with Crippen molar-refractivity contribution in [2.45, 2.75) is 50.2 Å². The summed E-state index contributed by atoms with van der Waals surface area (Å²) in [6, 6.07) is 25.6. The molecule has 0 heterocycles. The Labute approximate surface area is 273 Å². The number of rotatable bonds is 13. The van der Waals surface area contributed by atoms with Gasteiger partial charge in [-0.2, -0.15) is 0 Å². The maximum atomic E-state index is 15.0. The van der Waals surface area contributed by atoms with Crippen LogP contribution in [0.1, 0.15) is 31.4 Å². The van der Waals surface area contributed by atoms with Crippen LogP contribution in [0.5, 0.6) is 0 Å². The third kappa shape index (κ3) is 8.84. The summed E-state index contributed by atoms with van der Waals surface area (Å²) in [5.74, 6) is -1.73. The molecule has 4 rings (SSSR count). The molecule has 236 valence electrons. The molecule has 2 amide bonds. The number of anilines is 1. The summed E-state index contributed by atoms with van der Waals surface area (Å²) in [4.78, 5) is 29.4. The molecule has 11 heteroatoms. The first-order chi connectivity index (χ1) is 21.5. The fourth-order valence-corrected chi connectivity index (χ4v) is 6.67. The minimum atomic E-state index is -4.33. The molecule has 0 saturated carbocycles. The standard InChI is InChI=1S/C34H34Cl2FN3O4S/c1-3-24(2)38-34(42)32(18-25-12-6-4-7-13-25)39(22-26-14-10-11-17-31(26)37)33(41)23-40(29-20-27(35)19-28(36)21-29)45(43,44)30-15-8-5-9-16-30/h4-17,19-21,24,32H,3,18,22-23H2,1-2H3,(H,38,42)/t24-,32+/m1/s1. The van der Waals surface area contributed by atoms with Crippen molar-refractivity contribution in [1.29, 1.82) is 0 Å². The molecule has 0 aromatic heterocycles. The number of nitrogens with zero attached hydrogens (tertiary/aromatic N) is 2. The largest absolute Gasteiger partial charge is 0.352 e. The van der Waals surface area contributed by atoms with E-state index in [4.69, 9.17) is 23.2 Å². The maximum absolute atomic E-state index is 15.0. The average Bonchev–Trinajstić information content (AvgIpc) is 3.02. The van der Waals surface area contributed by atoms with E-state index >= 15 is 4.39 Å². The van der Waals surface area contributed by atoms with Gasteiger partial charge in [0.05, 0.1) is 10.6 Å². The van der Waals surface area contributed by atoms with Crippen LogP contribution in [0.25, 0.3) is 0 Å². The van der Waals surface area contributed by atoms with Crippen LogP contribution in [0.2, 0.25) is 10.0 Å². The lowest BCUT2D eigenvalue weighted by Gasteiger charge is -2.34. The van der Waals surface area contributed by atoms with E-state index in [1.54, 1.807) is 24.3 Å². The van der Waals surface area contributed by atoms with Crippen molar-refractivity contribution in [2.75, 3.05) is 10.8 Å². The first-order valence-corrected chi connectivity index (χ1v) is 16.6. The topological polar surface area (TPSA) is 86.8 Å². The quantitative estimate of drug-likeness (QED) is 0.168. The zero-order chi connectivity index (χ0) is 32.6. The normalized spacial score (nSPS) is 12.6. The van der Waals surface area contributed by atoms with Gasteiger partial charge in [-0.3, -0.25) is 13.9 Å². The van der Waals surface area contributed by atoms with Gasteiger partial charge < -0.3 is 10.2 Å². The number of halogens is 3. The third-order valence-electron chi connectivity index (χ3n) is 7.32. The molecule has 0 aliphatic rings. The highest BCUT2D eigenvalue weighted by Crippen LogP contribution is 2.30. The Kier molecular flexibility index (Phi) is 11.6. The molecule has 1 N–H and O–H groups in total. The van der Waals surface area contributed by atoms with Crippen molar-refractivity contribution >= 4 is 50.7 Å². The molecule has 4 aromatic rings. The van der Waals surface area contributed by atoms with Crippen LogP contribution in [-0.2, 0) is 32.6 Å². The number of carbonyl (C=O) groups is 2. The molecule has 0 saturated heterocycles. The zero-order valence-corrected chi connectivity index (χ0v) is 27.2. The van der Waals surface area contributed by atoms with Gasteiger partial charge in [-0.15, -0.1) is 0 Å². The van der Waals surface area contributed by atoms with Crippen molar-refractivity contribution in [3.05, 3.63) is 130 Å². The lowest BCUT2D eigenvalue weighted by Crippen LogP contribution is -2.54. The van der Waals surface area contributed by atoms with Crippen LogP contribution in [0.3, 0.4) is 0 Å². The molecular weight excluding hydrogens is 636 g/mol. The first kappa shape index (κ1) is 34.0. The van der Waals surface area contributed by atoms with E-state index in [2.05, 4.69) is 5.32 Å². The second-order valence-corrected chi connectivity index (χ2v) is 13.3. The summed E-state index contributed by atoms with van der Waals surface area (Å²) >= 11 is 12.5. The predicted molar refractivity (Wildman–Crippen MR) is 176 cm³/mol. The van der Waals surface area contributed by atoms with Crippen LogP contribution < -0.4 is 9.62 Å². The van der Waals surface area contributed by atoms with E-state index in [9.17, 15) is 18.0 Å². The summed E-state index contributed by atoms with van der Waals surface area (Å²) in [5, 5.41) is 3.27. The van der Waals surface area contributed by atoms with E-state index < -0.39 is 40.2 Å². The van der Waals surface area contributed by atoms with E-state index in [1.165, 1.54) is 53.4 Å². The molecule has 0 spiro atoms. The summed E-state index contributed by atoms with van der Waals surface area (Å²) in [6.07, 6.45) is 0.751. The Balaban J connectivity index is 1.83. The van der Waals surface area contributed by atoms with Gasteiger partial charge in [0, 0.05) is 34.6 Å². The molecule has 45 heavy (non-hydrogen) atoms. The van der Waals surface area contributed by atoms with Crippen LogP contribution in [-0.4, -0.2) is 43.8 Å². The van der Waals surface area contributed by atoms with Gasteiger partial charge in [0.25, 0.3) is 10.0 Å². The highest BCUT2D eigenvalue weighted by atomic mass is 35.5. The molecule has 4 aromatic carbocycles. The maximum Gasteiger partial charge on any atom is 0.264 e. The monoisotopic (exact) mass is 669 g/mol. The summed E-state index contributed by atoms with van der Waals surface area (Å²) in [7, 11) is -4.33. The fraction of sp³-hybridized carbons (Fsp3) is 0.235. The van der Waals surface area contributed by atoms with E-state index in [0.29, 0.717) is 6.42 Å². The Morgan fingerprint density at radius 2 is 1.44 bits per heavy atom. The smallest absolute Gasteiger partial charge is 0.264 e. The van der Waals surface area contributed by atoms with Gasteiger partial charge in [-0.05, 0) is 55.3 Å². The number of amides is 2. The second kappa shape index (κ2) is 15.4. The summed E-state index contributed by atoms with van der Waals surface area (Å²) in [6.45, 7) is 2.76. The summed E-state index contributed by atoms with van der Waals surface area (Å²) < 4.78 is 44.0. The molecule has 0 radical (unpaired) electrons. The van der Waals surface area contributed by atoms with Crippen LogP contribution >= 0.6 is 23.2 Å². The van der Waals surface area contributed by atoms with Crippen molar-refractivity contribution in [3.8, 4) is 0 Å². The highest BCUT2D eigenvalue weighted by Gasteiger charge is 2.35. The van der Waals surface area contributed by atoms with Gasteiger partial charge in [0.1, 0.15) is 18.4 Å². The van der Waals surface area contributed by atoms with Crippen molar-refractivity contribution < 1.29 is 22.4 Å². The first-order valence-electron chi connectivity index (χ1n) is 14.4. The third-order valence-corrected chi connectivity index (χ3v) is 9.54. The Morgan fingerprint density at radius 3 is 2.04 bits per heavy atom. The number of hydrogen-bond acceptors (Lipinski definition) is 4. The van der Waals surface area contributed by atoms with Crippen LogP contribution in [0.4, 0.5) is 10.1 Å². The van der Waals surface area contributed by atoms with E-state index in [-0.39, 0.29) is 45.2 Å². The van der Waals surface area contributed by atoms with Crippen molar-refractivity contribution in [2.24, 2.45) is 0 Å². The number of carbonyl (C=O) groups excluding carboxylic acids is 2. The number of benzene rings is 4. The van der Waals surface area contributed by atoms with E-state index in [1.807, 2.05) is 44.2 Å². The van der Waals surface area contributed by atoms with Gasteiger partial charge in [-0.1, -0.05) is 96.9 Å². The van der Waals surface area contributed by atoms with Gasteiger partial charge in [-0.25, -0.2) is 12.8 Å². The Hall–Kier alpha value is -3.92. The van der Waals surface area contributed by atoms with Gasteiger partial charge in [0.15, 0.2) is 0 Å². The highest BCUT2D eigenvalue weighted by molar-refractivity contribution is 7.92. The van der Waals surface area contributed by atoms with Gasteiger partial charge >= 0.3 is 0 Å².